The highest BCUT2D eigenvalue weighted by Crippen LogP contribution is 2.23. The lowest BCUT2D eigenvalue weighted by atomic mass is 10.2. The molecule has 1 aromatic heterocycles. The van der Waals surface area contributed by atoms with Gasteiger partial charge in [0.15, 0.2) is 0 Å². The van der Waals surface area contributed by atoms with E-state index in [1.807, 2.05) is 28.0 Å². The molecular weight excluding hydrogens is 456 g/mol. The molecule has 2 aromatic carbocycles. The predicted molar refractivity (Wildman–Crippen MR) is 124 cm³/mol. The molecule has 1 saturated heterocycles. The molecule has 0 radical (unpaired) electrons. The molecule has 0 atom stereocenters. The maximum atomic E-state index is 13.3. The van der Waals surface area contributed by atoms with Crippen LogP contribution in [-0.2, 0) is 4.79 Å². The van der Waals surface area contributed by atoms with Crippen LogP contribution in [0.5, 0.6) is 0 Å². The summed E-state index contributed by atoms with van der Waals surface area (Å²) < 4.78 is 14.5. The summed E-state index contributed by atoms with van der Waals surface area (Å²) in [5, 5.41) is 7.06. The molecule has 166 valence electrons. The van der Waals surface area contributed by atoms with E-state index in [9.17, 15) is 14.0 Å². The fourth-order valence-electron chi connectivity index (χ4n) is 3.52. The van der Waals surface area contributed by atoms with Gasteiger partial charge in [-0.25, -0.2) is 4.39 Å². The van der Waals surface area contributed by atoms with Crippen molar-refractivity contribution in [2.45, 2.75) is 0 Å². The van der Waals surface area contributed by atoms with Gasteiger partial charge in [-0.05, 0) is 30.3 Å². The summed E-state index contributed by atoms with van der Waals surface area (Å²) in [5.74, 6) is -0.753. The predicted octanol–water partition coefficient (Wildman–Crippen LogP) is 3.44. The molecular formula is C22H20Cl2FN5O2. The minimum Gasteiger partial charge on any atom is -0.366 e. The van der Waals surface area contributed by atoms with Crippen LogP contribution >= 0.6 is 23.2 Å². The Morgan fingerprint density at radius 1 is 1.06 bits per heavy atom. The molecule has 1 aliphatic rings. The van der Waals surface area contributed by atoms with Crippen LogP contribution in [0.4, 0.5) is 15.8 Å². The second-order valence-corrected chi connectivity index (χ2v) is 8.12. The number of hydrogen-bond donors (Lipinski definition) is 1. The van der Waals surface area contributed by atoms with E-state index in [1.165, 1.54) is 22.9 Å². The number of carbonyl (C=O) groups excluding carboxylic acids is 1. The maximum Gasteiger partial charge on any atom is 0.292 e. The number of nitrogens with zero attached hydrogens (tertiary/aromatic N) is 4. The lowest BCUT2D eigenvalue weighted by Crippen LogP contribution is -2.49. The summed E-state index contributed by atoms with van der Waals surface area (Å²) in [5.41, 5.74) is 1.28. The van der Waals surface area contributed by atoms with Crippen molar-refractivity contribution in [3.8, 4) is 5.69 Å². The molecule has 0 unspecified atom stereocenters. The van der Waals surface area contributed by atoms with E-state index < -0.39 is 5.82 Å². The third-order valence-corrected chi connectivity index (χ3v) is 5.83. The van der Waals surface area contributed by atoms with Gasteiger partial charge in [0.2, 0.25) is 5.91 Å². The van der Waals surface area contributed by atoms with Crippen LogP contribution in [0, 0.1) is 5.82 Å². The monoisotopic (exact) mass is 475 g/mol. The third kappa shape index (κ3) is 4.93. The first-order valence-corrected chi connectivity index (χ1v) is 10.7. The number of carbonyl (C=O) groups is 1. The van der Waals surface area contributed by atoms with E-state index in [2.05, 4.69) is 10.4 Å². The van der Waals surface area contributed by atoms with Crippen molar-refractivity contribution >= 4 is 40.5 Å². The van der Waals surface area contributed by atoms with E-state index in [0.717, 1.165) is 0 Å². The Kier molecular flexibility index (Phi) is 6.74. The third-order valence-electron chi connectivity index (χ3n) is 5.18. The first-order chi connectivity index (χ1) is 15.4. The number of piperazine rings is 1. The summed E-state index contributed by atoms with van der Waals surface area (Å²) in [7, 11) is 0. The number of hydrogen-bond acceptors (Lipinski definition) is 5. The van der Waals surface area contributed by atoms with Crippen molar-refractivity contribution in [3.05, 3.63) is 80.9 Å². The van der Waals surface area contributed by atoms with Crippen LogP contribution in [0.2, 0.25) is 10.0 Å². The van der Waals surface area contributed by atoms with Gasteiger partial charge < -0.3 is 10.2 Å². The Labute approximate surface area is 194 Å². The SMILES string of the molecule is O=C(CN1CCN(c2cnn(-c3ccccc3)c(=O)c2Cl)CC1)Nc1ccc(F)c(Cl)c1. The zero-order chi connectivity index (χ0) is 22.7. The van der Waals surface area contributed by atoms with Gasteiger partial charge in [0.05, 0.1) is 29.1 Å². The van der Waals surface area contributed by atoms with Gasteiger partial charge in [0.1, 0.15) is 10.8 Å². The van der Waals surface area contributed by atoms with Crippen LogP contribution in [-0.4, -0.2) is 53.3 Å². The Balaban J connectivity index is 1.36. The van der Waals surface area contributed by atoms with Gasteiger partial charge in [0.25, 0.3) is 5.56 Å². The molecule has 1 N–H and O–H groups in total. The lowest BCUT2D eigenvalue weighted by molar-refractivity contribution is -0.117. The molecule has 0 bridgehead atoms. The van der Waals surface area contributed by atoms with Gasteiger partial charge >= 0.3 is 0 Å². The van der Waals surface area contributed by atoms with E-state index in [0.29, 0.717) is 43.2 Å². The van der Waals surface area contributed by atoms with Gasteiger partial charge in [-0.2, -0.15) is 9.78 Å². The molecule has 3 aromatic rings. The molecule has 1 fully saturated rings. The van der Waals surface area contributed by atoms with Crippen molar-refractivity contribution in [2.75, 3.05) is 42.9 Å². The Hall–Kier alpha value is -2.94. The summed E-state index contributed by atoms with van der Waals surface area (Å²) in [6.45, 7) is 2.58. The van der Waals surface area contributed by atoms with Gasteiger partial charge in [-0.3, -0.25) is 14.5 Å². The molecule has 0 spiro atoms. The average Bonchev–Trinajstić information content (AvgIpc) is 2.79. The van der Waals surface area contributed by atoms with Crippen LogP contribution < -0.4 is 15.8 Å². The molecule has 2 heterocycles. The normalized spacial score (nSPS) is 14.4. The molecule has 7 nitrogen and oxygen atoms in total. The fourth-order valence-corrected chi connectivity index (χ4v) is 3.95. The number of para-hydroxylation sites is 1. The zero-order valence-electron chi connectivity index (χ0n) is 17.0. The van der Waals surface area contributed by atoms with E-state index in [1.54, 1.807) is 18.3 Å². The van der Waals surface area contributed by atoms with Crippen molar-refractivity contribution < 1.29 is 9.18 Å². The van der Waals surface area contributed by atoms with Crippen molar-refractivity contribution in [2.24, 2.45) is 0 Å². The first kappa shape index (κ1) is 22.3. The second-order valence-electron chi connectivity index (χ2n) is 7.34. The minimum absolute atomic E-state index is 0.0453. The topological polar surface area (TPSA) is 70.5 Å². The highest BCUT2D eigenvalue weighted by Gasteiger charge is 2.23. The first-order valence-electron chi connectivity index (χ1n) is 9.98. The lowest BCUT2D eigenvalue weighted by Gasteiger charge is -2.35. The van der Waals surface area contributed by atoms with Crippen LogP contribution in [0.25, 0.3) is 5.69 Å². The smallest absolute Gasteiger partial charge is 0.292 e. The number of amides is 1. The molecule has 32 heavy (non-hydrogen) atoms. The number of aromatic nitrogens is 2. The molecule has 4 rings (SSSR count). The van der Waals surface area contributed by atoms with Crippen molar-refractivity contribution in [1.29, 1.82) is 0 Å². The van der Waals surface area contributed by atoms with Crippen LogP contribution in [0.15, 0.2) is 59.5 Å². The number of halogens is 3. The molecule has 10 heteroatoms. The summed E-state index contributed by atoms with van der Waals surface area (Å²) >= 11 is 12.1. The Morgan fingerprint density at radius 3 is 2.47 bits per heavy atom. The summed E-state index contributed by atoms with van der Waals surface area (Å²) in [6.07, 6.45) is 1.59. The average molecular weight is 476 g/mol. The van der Waals surface area contributed by atoms with Crippen LogP contribution in [0.3, 0.4) is 0 Å². The Morgan fingerprint density at radius 2 is 1.78 bits per heavy atom. The zero-order valence-corrected chi connectivity index (χ0v) is 18.5. The number of rotatable bonds is 5. The molecule has 0 aliphatic carbocycles. The second kappa shape index (κ2) is 9.68. The number of benzene rings is 2. The maximum absolute atomic E-state index is 13.3. The van der Waals surface area contributed by atoms with Crippen molar-refractivity contribution in [1.82, 2.24) is 14.7 Å². The number of anilines is 2. The minimum atomic E-state index is -0.537. The summed E-state index contributed by atoms with van der Waals surface area (Å²) in [4.78, 5) is 29.0. The Bertz CT molecular complexity index is 1180. The molecule has 1 amide bonds. The molecule has 0 saturated carbocycles. The standard InChI is InChI=1S/C22H20Cl2FN5O2/c23-17-12-15(6-7-18(17)25)27-20(31)14-28-8-10-29(11-9-28)19-13-26-30(22(32)21(19)24)16-4-2-1-3-5-16/h1-7,12-13H,8-11,14H2,(H,27,31). The van der Waals surface area contributed by atoms with Crippen LogP contribution in [0.1, 0.15) is 0 Å². The van der Waals surface area contributed by atoms with E-state index >= 15 is 0 Å². The quantitative estimate of drug-likeness (QED) is 0.611. The van der Waals surface area contributed by atoms with Gasteiger partial charge in [0, 0.05) is 31.9 Å². The largest absolute Gasteiger partial charge is 0.366 e. The number of nitrogens with one attached hydrogen (secondary N) is 1. The van der Waals surface area contributed by atoms with Gasteiger partial charge in [-0.15, -0.1) is 0 Å². The highest BCUT2D eigenvalue weighted by atomic mass is 35.5. The van der Waals surface area contributed by atoms with E-state index in [4.69, 9.17) is 23.2 Å². The molecule has 1 aliphatic heterocycles. The van der Waals surface area contributed by atoms with E-state index in [-0.39, 0.29) is 28.1 Å². The summed E-state index contributed by atoms with van der Waals surface area (Å²) in [6, 6.07) is 13.1. The van der Waals surface area contributed by atoms with Gasteiger partial charge in [-0.1, -0.05) is 41.4 Å². The van der Waals surface area contributed by atoms with Crippen molar-refractivity contribution in [3.63, 3.8) is 0 Å². The fraction of sp³-hybridized carbons (Fsp3) is 0.227. The highest BCUT2D eigenvalue weighted by molar-refractivity contribution is 6.33.